The number of oxazole rings is 1. The van der Waals surface area contributed by atoms with Crippen LogP contribution in [-0.4, -0.2) is 4.98 Å². The van der Waals surface area contributed by atoms with Crippen molar-refractivity contribution < 1.29 is 4.42 Å². The van der Waals surface area contributed by atoms with Crippen LogP contribution in [0.5, 0.6) is 0 Å². The largest absolute Gasteiger partial charge is 0.440 e. The van der Waals surface area contributed by atoms with Gasteiger partial charge in [0.1, 0.15) is 6.26 Å². The second kappa shape index (κ2) is 4.30. The summed E-state index contributed by atoms with van der Waals surface area (Å²) < 4.78 is 6.27. The van der Waals surface area contributed by atoms with Crippen molar-refractivity contribution in [3.05, 3.63) is 33.3 Å². The molecule has 68 valence electrons. The zero-order valence-electron chi connectivity index (χ0n) is 6.57. The van der Waals surface area contributed by atoms with Crippen LogP contribution in [0.2, 0.25) is 0 Å². The summed E-state index contributed by atoms with van der Waals surface area (Å²) in [4.78, 5) is 5.34. The van der Waals surface area contributed by atoms with Gasteiger partial charge in [-0.1, -0.05) is 11.8 Å². The predicted molar refractivity (Wildman–Crippen MR) is 58.1 cm³/mol. The summed E-state index contributed by atoms with van der Waals surface area (Å²) in [5.74, 6) is 0.913. The molecule has 0 saturated carbocycles. The molecule has 0 amide bonds. The second-order valence-electron chi connectivity index (χ2n) is 2.29. The van der Waals surface area contributed by atoms with Crippen LogP contribution in [0.1, 0.15) is 4.88 Å². The first-order chi connectivity index (χ1) is 6.34. The molecule has 0 aliphatic heterocycles. The van der Waals surface area contributed by atoms with Gasteiger partial charge in [-0.25, -0.2) is 4.98 Å². The lowest BCUT2D eigenvalue weighted by molar-refractivity contribution is 0.454. The summed E-state index contributed by atoms with van der Waals surface area (Å²) in [6, 6.07) is 4.15. The lowest BCUT2D eigenvalue weighted by atomic mass is 10.5. The highest BCUT2D eigenvalue weighted by Crippen LogP contribution is 2.28. The van der Waals surface area contributed by atoms with Gasteiger partial charge in [-0.2, -0.15) is 0 Å². The van der Waals surface area contributed by atoms with Gasteiger partial charge in [0.15, 0.2) is 0 Å². The van der Waals surface area contributed by atoms with E-state index in [9.17, 15) is 0 Å². The van der Waals surface area contributed by atoms with Crippen molar-refractivity contribution in [1.82, 2.24) is 4.98 Å². The van der Waals surface area contributed by atoms with Crippen LogP contribution in [0, 0.1) is 0 Å². The lowest BCUT2D eigenvalue weighted by Gasteiger charge is -1.91. The molecule has 5 heteroatoms. The Bertz CT molecular complexity index is 371. The molecule has 2 nitrogen and oxygen atoms in total. The summed E-state index contributed by atoms with van der Waals surface area (Å²) in [6.45, 7) is 0. The summed E-state index contributed by atoms with van der Waals surface area (Å²) in [5.41, 5.74) is 0. The molecule has 0 bridgehead atoms. The van der Waals surface area contributed by atoms with Crippen LogP contribution in [0.4, 0.5) is 0 Å². The Hall–Kier alpha value is -0.260. The average Bonchev–Trinajstić information content (AvgIpc) is 2.71. The highest BCUT2D eigenvalue weighted by Gasteiger charge is 2.01. The minimum atomic E-state index is 0.726. The molecule has 0 spiro atoms. The van der Waals surface area contributed by atoms with E-state index in [-0.39, 0.29) is 0 Å². The molecule has 0 N–H and O–H groups in total. The number of thioether (sulfide) groups is 1. The molecule has 0 saturated heterocycles. The molecule has 0 unspecified atom stereocenters. The SMILES string of the molecule is Brc1ccc(CSc2ncco2)s1. The van der Waals surface area contributed by atoms with Crippen LogP contribution in [0.3, 0.4) is 0 Å². The van der Waals surface area contributed by atoms with Gasteiger partial charge in [-0.3, -0.25) is 0 Å². The number of nitrogens with zero attached hydrogens (tertiary/aromatic N) is 1. The molecule has 2 rings (SSSR count). The zero-order chi connectivity index (χ0) is 9.10. The smallest absolute Gasteiger partial charge is 0.255 e. The monoisotopic (exact) mass is 275 g/mol. The first-order valence-corrected chi connectivity index (χ1v) is 6.20. The standard InChI is InChI=1S/C8H6BrNOS2/c9-7-2-1-6(13-7)5-12-8-10-3-4-11-8/h1-4H,5H2. The van der Waals surface area contributed by atoms with Crippen molar-refractivity contribution in [3.8, 4) is 0 Å². The molecule has 13 heavy (non-hydrogen) atoms. The van der Waals surface area contributed by atoms with Crippen molar-refractivity contribution >= 4 is 39.0 Å². The Labute approximate surface area is 92.5 Å². The number of hydrogen-bond donors (Lipinski definition) is 0. The Morgan fingerprint density at radius 2 is 2.46 bits per heavy atom. The van der Waals surface area contributed by atoms with Crippen molar-refractivity contribution in [2.75, 3.05) is 0 Å². The van der Waals surface area contributed by atoms with Gasteiger partial charge >= 0.3 is 0 Å². The zero-order valence-corrected chi connectivity index (χ0v) is 9.79. The minimum absolute atomic E-state index is 0.726. The number of halogens is 1. The van der Waals surface area contributed by atoms with Crippen LogP contribution < -0.4 is 0 Å². The molecular formula is C8H6BrNOS2. The van der Waals surface area contributed by atoms with Crippen molar-refractivity contribution in [3.63, 3.8) is 0 Å². The third-order valence-electron chi connectivity index (χ3n) is 1.38. The minimum Gasteiger partial charge on any atom is -0.440 e. The lowest BCUT2D eigenvalue weighted by Crippen LogP contribution is -1.72. The normalized spacial score (nSPS) is 10.5. The number of thiophene rings is 1. The first-order valence-electron chi connectivity index (χ1n) is 3.61. The van der Waals surface area contributed by atoms with Gasteiger partial charge in [0.2, 0.25) is 0 Å². The van der Waals surface area contributed by atoms with Crippen LogP contribution >= 0.6 is 39.0 Å². The van der Waals surface area contributed by atoms with E-state index in [1.54, 1.807) is 35.6 Å². The van der Waals surface area contributed by atoms with E-state index in [0.717, 1.165) is 14.8 Å². The maximum Gasteiger partial charge on any atom is 0.255 e. The van der Waals surface area contributed by atoms with Crippen molar-refractivity contribution in [2.45, 2.75) is 11.0 Å². The number of aromatic nitrogens is 1. The van der Waals surface area contributed by atoms with Gasteiger partial charge in [0.05, 0.1) is 9.98 Å². The van der Waals surface area contributed by atoms with Crippen molar-refractivity contribution in [1.29, 1.82) is 0 Å². The Morgan fingerprint density at radius 1 is 1.54 bits per heavy atom. The first kappa shape index (κ1) is 9.30. The quantitative estimate of drug-likeness (QED) is 0.798. The molecule has 2 aromatic heterocycles. The topological polar surface area (TPSA) is 26.0 Å². The van der Waals surface area contributed by atoms with E-state index in [1.165, 1.54) is 4.88 Å². The van der Waals surface area contributed by atoms with Crippen LogP contribution in [0.25, 0.3) is 0 Å². The molecular weight excluding hydrogens is 270 g/mol. The van der Waals surface area contributed by atoms with E-state index in [2.05, 4.69) is 33.0 Å². The fraction of sp³-hybridized carbons (Fsp3) is 0.125. The fourth-order valence-corrected chi connectivity index (χ4v) is 3.16. The summed E-state index contributed by atoms with van der Waals surface area (Å²) >= 11 is 6.76. The number of rotatable bonds is 3. The van der Waals surface area contributed by atoms with E-state index in [1.807, 2.05) is 0 Å². The van der Waals surface area contributed by atoms with Crippen molar-refractivity contribution in [2.24, 2.45) is 0 Å². The summed E-state index contributed by atoms with van der Waals surface area (Å²) in [7, 11) is 0. The second-order valence-corrected chi connectivity index (χ2v) is 5.77. The van der Waals surface area contributed by atoms with Gasteiger partial charge in [-0.05, 0) is 28.1 Å². The highest BCUT2D eigenvalue weighted by molar-refractivity contribution is 9.11. The van der Waals surface area contributed by atoms with Gasteiger partial charge in [0, 0.05) is 10.6 Å². The molecule has 2 aromatic rings. The summed E-state index contributed by atoms with van der Waals surface area (Å²) in [5, 5.41) is 0.726. The van der Waals surface area contributed by atoms with Gasteiger partial charge < -0.3 is 4.42 Å². The van der Waals surface area contributed by atoms with E-state index in [4.69, 9.17) is 4.42 Å². The van der Waals surface area contributed by atoms with E-state index in [0.29, 0.717) is 0 Å². The molecule has 0 aromatic carbocycles. The van der Waals surface area contributed by atoms with Gasteiger partial charge in [-0.15, -0.1) is 11.3 Å². The van der Waals surface area contributed by atoms with Crippen LogP contribution in [-0.2, 0) is 5.75 Å². The van der Waals surface area contributed by atoms with Gasteiger partial charge in [0.25, 0.3) is 5.22 Å². The molecule has 0 atom stereocenters. The number of hydrogen-bond acceptors (Lipinski definition) is 4. The maximum absolute atomic E-state index is 5.11. The average molecular weight is 276 g/mol. The van der Waals surface area contributed by atoms with E-state index >= 15 is 0 Å². The van der Waals surface area contributed by atoms with Crippen LogP contribution in [0.15, 0.2) is 38.0 Å². The third-order valence-corrected chi connectivity index (χ3v) is 4.09. The Balaban J connectivity index is 1.93. The maximum atomic E-state index is 5.11. The Kier molecular flexibility index (Phi) is 3.08. The summed E-state index contributed by atoms with van der Waals surface area (Å²) in [6.07, 6.45) is 3.25. The molecule has 0 aliphatic rings. The Morgan fingerprint density at radius 3 is 3.08 bits per heavy atom. The predicted octanol–water partition coefficient (Wildman–Crippen LogP) is 3.79. The molecule has 0 aliphatic carbocycles. The molecule has 2 heterocycles. The molecule has 0 fully saturated rings. The highest BCUT2D eigenvalue weighted by atomic mass is 79.9. The third kappa shape index (κ3) is 2.59. The molecule has 0 radical (unpaired) electrons. The van der Waals surface area contributed by atoms with E-state index < -0.39 is 0 Å². The fourth-order valence-electron chi connectivity index (χ4n) is 0.844.